The van der Waals surface area contributed by atoms with Gasteiger partial charge in [-0.05, 0) is 34.9 Å². The molecule has 31 heavy (non-hydrogen) atoms. The molecule has 0 heterocycles. The first-order chi connectivity index (χ1) is 14.7. The Morgan fingerprint density at radius 2 is 1.26 bits per heavy atom. The zero-order valence-electron chi connectivity index (χ0n) is 17.0. The second kappa shape index (κ2) is 9.91. The minimum Gasteiger partial charge on any atom is -0.383 e. The van der Waals surface area contributed by atoms with Gasteiger partial charge in [0.15, 0.2) is 0 Å². The summed E-state index contributed by atoms with van der Waals surface area (Å²) in [5, 5.41) is 1.20. The molecule has 162 valence electrons. The fourth-order valence-electron chi connectivity index (χ4n) is 2.87. The SMILES string of the molecule is CS(=O)(=O)Oc1ccc(CN(Cc2ccccc2)S(=O)(=O)/C=C/c2ccccc2)cc1. The number of rotatable bonds is 9. The predicted molar refractivity (Wildman–Crippen MR) is 122 cm³/mol. The topological polar surface area (TPSA) is 80.8 Å². The molecule has 0 atom stereocenters. The molecular weight excluding hydrogens is 434 g/mol. The summed E-state index contributed by atoms with van der Waals surface area (Å²) in [4.78, 5) is 0. The van der Waals surface area contributed by atoms with E-state index in [0.717, 1.165) is 17.4 Å². The van der Waals surface area contributed by atoms with E-state index in [9.17, 15) is 16.8 Å². The van der Waals surface area contributed by atoms with E-state index >= 15 is 0 Å². The quantitative estimate of drug-likeness (QED) is 0.453. The van der Waals surface area contributed by atoms with Crippen molar-refractivity contribution in [2.75, 3.05) is 6.26 Å². The molecule has 0 spiro atoms. The number of sulfonamides is 1. The third-order valence-electron chi connectivity index (χ3n) is 4.32. The van der Waals surface area contributed by atoms with Gasteiger partial charge in [-0.2, -0.15) is 12.7 Å². The summed E-state index contributed by atoms with van der Waals surface area (Å²) in [6.45, 7) is 0.319. The summed E-state index contributed by atoms with van der Waals surface area (Å²) in [7, 11) is -7.36. The highest BCUT2D eigenvalue weighted by Crippen LogP contribution is 2.19. The van der Waals surface area contributed by atoms with Crippen molar-refractivity contribution in [2.45, 2.75) is 13.1 Å². The van der Waals surface area contributed by atoms with Crippen LogP contribution in [0.5, 0.6) is 5.75 Å². The molecule has 0 N–H and O–H groups in total. The molecule has 6 nitrogen and oxygen atoms in total. The molecule has 0 amide bonds. The molecular formula is C23H23NO5S2. The molecule has 3 aromatic carbocycles. The molecule has 0 unspecified atom stereocenters. The zero-order valence-corrected chi connectivity index (χ0v) is 18.6. The molecule has 0 aliphatic rings. The maximum Gasteiger partial charge on any atom is 0.306 e. The van der Waals surface area contributed by atoms with Crippen molar-refractivity contribution in [3.63, 3.8) is 0 Å². The average Bonchev–Trinajstić information content (AvgIpc) is 2.74. The van der Waals surface area contributed by atoms with Crippen molar-refractivity contribution in [1.29, 1.82) is 0 Å². The van der Waals surface area contributed by atoms with Crippen molar-refractivity contribution < 1.29 is 21.0 Å². The van der Waals surface area contributed by atoms with Gasteiger partial charge in [-0.1, -0.05) is 72.8 Å². The van der Waals surface area contributed by atoms with Gasteiger partial charge in [0.25, 0.3) is 0 Å². The lowest BCUT2D eigenvalue weighted by molar-refractivity contribution is 0.407. The molecule has 0 bridgehead atoms. The minimum atomic E-state index is -3.73. The Bertz CT molecular complexity index is 1220. The maximum absolute atomic E-state index is 13.1. The third kappa shape index (κ3) is 7.36. The Hall–Kier alpha value is -2.94. The van der Waals surface area contributed by atoms with E-state index in [-0.39, 0.29) is 18.8 Å². The van der Waals surface area contributed by atoms with Crippen LogP contribution >= 0.6 is 0 Å². The van der Waals surface area contributed by atoms with Gasteiger partial charge in [0.2, 0.25) is 10.0 Å². The average molecular weight is 458 g/mol. The summed E-state index contributed by atoms with van der Waals surface area (Å²) in [5.74, 6) is 0.174. The third-order valence-corrected chi connectivity index (χ3v) is 6.28. The van der Waals surface area contributed by atoms with Crippen LogP contribution in [-0.2, 0) is 33.2 Å². The Morgan fingerprint density at radius 3 is 1.81 bits per heavy atom. The molecule has 0 aliphatic carbocycles. The van der Waals surface area contributed by atoms with Gasteiger partial charge >= 0.3 is 10.1 Å². The van der Waals surface area contributed by atoms with Gasteiger partial charge in [0.05, 0.1) is 6.26 Å². The second-order valence-electron chi connectivity index (χ2n) is 6.94. The van der Waals surface area contributed by atoms with Crippen molar-refractivity contribution in [3.05, 3.63) is 107 Å². The van der Waals surface area contributed by atoms with Crippen LogP contribution in [0, 0.1) is 0 Å². The Balaban J connectivity index is 1.85. The first-order valence-electron chi connectivity index (χ1n) is 9.47. The Kier molecular flexibility index (Phi) is 7.27. The molecule has 0 saturated heterocycles. The van der Waals surface area contributed by atoms with Crippen LogP contribution in [0.1, 0.15) is 16.7 Å². The van der Waals surface area contributed by atoms with Crippen LogP contribution in [0.3, 0.4) is 0 Å². The van der Waals surface area contributed by atoms with Crippen LogP contribution < -0.4 is 4.18 Å². The predicted octanol–water partition coefficient (Wildman–Crippen LogP) is 4.03. The largest absolute Gasteiger partial charge is 0.383 e. The van der Waals surface area contributed by atoms with E-state index in [0.29, 0.717) is 5.56 Å². The van der Waals surface area contributed by atoms with Gasteiger partial charge in [-0.25, -0.2) is 8.42 Å². The zero-order chi connectivity index (χ0) is 22.3. The molecule has 0 radical (unpaired) electrons. The van der Waals surface area contributed by atoms with Crippen LogP contribution in [0.4, 0.5) is 0 Å². The fraction of sp³-hybridized carbons (Fsp3) is 0.130. The van der Waals surface area contributed by atoms with E-state index in [4.69, 9.17) is 4.18 Å². The monoisotopic (exact) mass is 457 g/mol. The first kappa shape index (κ1) is 22.7. The highest BCUT2D eigenvalue weighted by molar-refractivity contribution is 7.92. The molecule has 3 rings (SSSR count). The van der Waals surface area contributed by atoms with Gasteiger partial charge in [-0.15, -0.1) is 0 Å². The lowest BCUT2D eigenvalue weighted by Gasteiger charge is -2.21. The Labute approximate surface area is 183 Å². The van der Waals surface area contributed by atoms with Crippen molar-refractivity contribution in [1.82, 2.24) is 4.31 Å². The standard InChI is InChI=1S/C23H23NO5S2/c1-30(25,26)29-23-14-12-22(13-15-23)19-24(18-21-10-6-3-7-11-21)31(27,28)17-16-20-8-4-2-5-9-20/h2-17H,18-19H2,1H3/b17-16+. The van der Waals surface area contributed by atoms with E-state index in [1.165, 1.54) is 21.8 Å². The minimum absolute atomic E-state index is 0.121. The summed E-state index contributed by atoms with van der Waals surface area (Å²) in [6.07, 6.45) is 2.53. The lowest BCUT2D eigenvalue weighted by atomic mass is 10.2. The van der Waals surface area contributed by atoms with E-state index in [1.807, 2.05) is 60.7 Å². The normalized spacial score (nSPS) is 12.3. The number of benzene rings is 3. The van der Waals surface area contributed by atoms with Gasteiger partial charge in [0, 0.05) is 18.5 Å². The summed E-state index contributed by atoms with van der Waals surface area (Å²) in [6, 6.07) is 24.8. The van der Waals surface area contributed by atoms with Crippen LogP contribution in [0.2, 0.25) is 0 Å². The molecule has 8 heteroatoms. The van der Waals surface area contributed by atoms with Crippen molar-refractivity contribution in [2.24, 2.45) is 0 Å². The lowest BCUT2D eigenvalue weighted by Crippen LogP contribution is -2.28. The molecule has 0 aliphatic heterocycles. The van der Waals surface area contributed by atoms with Gasteiger partial charge in [0.1, 0.15) is 5.75 Å². The van der Waals surface area contributed by atoms with Crippen molar-refractivity contribution in [3.8, 4) is 5.75 Å². The smallest absolute Gasteiger partial charge is 0.306 e. The number of nitrogens with zero attached hydrogens (tertiary/aromatic N) is 1. The van der Waals surface area contributed by atoms with Crippen LogP contribution in [0.15, 0.2) is 90.3 Å². The number of hydrogen-bond donors (Lipinski definition) is 0. The van der Waals surface area contributed by atoms with E-state index in [1.54, 1.807) is 18.2 Å². The maximum atomic E-state index is 13.1. The van der Waals surface area contributed by atoms with Crippen molar-refractivity contribution >= 4 is 26.2 Å². The molecule has 3 aromatic rings. The van der Waals surface area contributed by atoms with Crippen LogP contribution in [0.25, 0.3) is 6.08 Å². The van der Waals surface area contributed by atoms with Crippen LogP contribution in [-0.4, -0.2) is 27.4 Å². The molecule has 0 fully saturated rings. The first-order valence-corrected chi connectivity index (χ1v) is 12.8. The van der Waals surface area contributed by atoms with E-state index < -0.39 is 20.1 Å². The summed E-state index contributed by atoms with van der Waals surface area (Å²) >= 11 is 0. The van der Waals surface area contributed by atoms with Gasteiger partial charge in [-0.3, -0.25) is 0 Å². The Morgan fingerprint density at radius 1 is 0.742 bits per heavy atom. The summed E-state index contributed by atoms with van der Waals surface area (Å²) < 4.78 is 55.0. The van der Waals surface area contributed by atoms with Gasteiger partial charge < -0.3 is 4.18 Å². The highest BCUT2D eigenvalue weighted by atomic mass is 32.2. The summed E-state index contributed by atoms with van der Waals surface area (Å²) in [5.41, 5.74) is 2.35. The van der Waals surface area contributed by atoms with E-state index in [2.05, 4.69) is 0 Å². The molecule has 0 saturated carbocycles. The number of hydrogen-bond acceptors (Lipinski definition) is 5. The molecule has 0 aromatic heterocycles. The fourth-order valence-corrected chi connectivity index (χ4v) is 4.49. The second-order valence-corrected chi connectivity index (χ2v) is 10.3. The highest BCUT2D eigenvalue weighted by Gasteiger charge is 2.20.